The van der Waals surface area contributed by atoms with E-state index in [1.165, 1.54) is 12.1 Å². The number of urea groups is 1. The van der Waals surface area contributed by atoms with Gasteiger partial charge in [-0.15, -0.1) is 11.3 Å². The Bertz CT molecular complexity index is 957. The van der Waals surface area contributed by atoms with Crippen molar-refractivity contribution in [1.29, 1.82) is 0 Å². The number of rotatable bonds is 3. The first-order valence-corrected chi connectivity index (χ1v) is 9.55. The van der Waals surface area contributed by atoms with Crippen LogP contribution in [-0.2, 0) is 21.5 Å². The molecular weight excluding hydrogens is 369 g/mol. The molecule has 8 heteroatoms. The molecule has 2 aromatic rings. The molecule has 1 saturated heterocycles. The van der Waals surface area contributed by atoms with Crippen LogP contribution in [0.2, 0.25) is 0 Å². The molecule has 1 aliphatic carbocycles. The number of fused-ring (bicyclic) bond motifs is 2. The zero-order chi connectivity index (χ0) is 19.2. The van der Waals surface area contributed by atoms with Crippen LogP contribution in [0.3, 0.4) is 0 Å². The van der Waals surface area contributed by atoms with E-state index in [0.717, 1.165) is 33.7 Å². The highest BCUT2D eigenvalue weighted by Crippen LogP contribution is 2.42. The topological polar surface area (TPSA) is 78.5 Å². The Hall–Kier alpha value is -2.74. The molecule has 0 bridgehead atoms. The highest BCUT2D eigenvalue weighted by Gasteiger charge is 2.54. The summed E-state index contributed by atoms with van der Waals surface area (Å²) in [7, 11) is 0. The van der Waals surface area contributed by atoms with Gasteiger partial charge in [0.1, 0.15) is 17.9 Å². The van der Waals surface area contributed by atoms with Crippen molar-refractivity contribution in [1.82, 2.24) is 10.2 Å². The number of hydrogen-bond acceptors (Lipinski definition) is 4. The number of imide groups is 1. The summed E-state index contributed by atoms with van der Waals surface area (Å²) in [4.78, 5) is 39.8. The van der Waals surface area contributed by atoms with Crippen LogP contribution in [0.15, 0.2) is 29.6 Å². The summed E-state index contributed by atoms with van der Waals surface area (Å²) in [5, 5.41) is 7.12. The van der Waals surface area contributed by atoms with E-state index in [1.807, 2.05) is 11.4 Å². The van der Waals surface area contributed by atoms with E-state index in [4.69, 9.17) is 0 Å². The number of hydrogen-bond donors (Lipinski definition) is 2. The van der Waals surface area contributed by atoms with E-state index in [2.05, 4.69) is 10.6 Å². The van der Waals surface area contributed by atoms with Gasteiger partial charge in [0.15, 0.2) is 0 Å². The summed E-state index contributed by atoms with van der Waals surface area (Å²) in [6.07, 6.45) is 2.17. The Labute approximate surface area is 159 Å². The molecule has 27 heavy (non-hydrogen) atoms. The second-order valence-electron chi connectivity index (χ2n) is 6.87. The minimum Gasteiger partial charge on any atom is -0.322 e. The Morgan fingerprint density at radius 1 is 1.37 bits per heavy atom. The number of carbonyl (C=O) groups is 3. The molecule has 1 fully saturated rings. The zero-order valence-corrected chi connectivity index (χ0v) is 15.5. The number of anilines is 1. The lowest BCUT2D eigenvalue weighted by Crippen LogP contribution is -2.46. The van der Waals surface area contributed by atoms with Gasteiger partial charge in [-0.3, -0.25) is 14.5 Å². The monoisotopic (exact) mass is 387 g/mol. The lowest BCUT2D eigenvalue weighted by molar-refractivity contribution is -0.134. The van der Waals surface area contributed by atoms with Crippen molar-refractivity contribution >= 4 is 34.9 Å². The van der Waals surface area contributed by atoms with Gasteiger partial charge in [-0.1, -0.05) is 6.07 Å². The van der Waals surface area contributed by atoms with E-state index in [0.29, 0.717) is 6.42 Å². The molecule has 1 aromatic carbocycles. The van der Waals surface area contributed by atoms with Gasteiger partial charge in [0.2, 0.25) is 5.91 Å². The van der Waals surface area contributed by atoms with E-state index in [-0.39, 0.29) is 5.69 Å². The second-order valence-corrected chi connectivity index (χ2v) is 7.87. The highest BCUT2D eigenvalue weighted by molar-refractivity contribution is 7.10. The average Bonchev–Trinajstić information content (AvgIpc) is 3.18. The van der Waals surface area contributed by atoms with Crippen molar-refractivity contribution in [2.24, 2.45) is 0 Å². The van der Waals surface area contributed by atoms with Crippen molar-refractivity contribution in [2.45, 2.75) is 31.7 Å². The molecule has 1 aromatic heterocycles. The van der Waals surface area contributed by atoms with E-state index in [9.17, 15) is 18.8 Å². The van der Waals surface area contributed by atoms with Crippen LogP contribution in [0.1, 0.15) is 28.8 Å². The van der Waals surface area contributed by atoms with Crippen LogP contribution < -0.4 is 10.6 Å². The number of benzene rings is 1. The zero-order valence-electron chi connectivity index (χ0n) is 14.7. The van der Waals surface area contributed by atoms with E-state index < -0.39 is 35.7 Å². The Morgan fingerprint density at radius 2 is 2.19 bits per heavy atom. The molecule has 1 aliphatic heterocycles. The first kappa shape index (κ1) is 17.7. The molecule has 4 rings (SSSR count). The average molecular weight is 387 g/mol. The van der Waals surface area contributed by atoms with Crippen LogP contribution in [0.4, 0.5) is 14.9 Å². The van der Waals surface area contributed by atoms with Gasteiger partial charge in [0.05, 0.1) is 5.69 Å². The number of carbonyl (C=O) groups excluding carboxylic acids is 3. The van der Waals surface area contributed by atoms with Crippen LogP contribution in [0.5, 0.6) is 0 Å². The minimum atomic E-state index is -1.08. The molecule has 0 radical (unpaired) electrons. The predicted molar refractivity (Wildman–Crippen MR) is 98.9 cm³/mol. The fourth-order valence-electron chi connectivity index (χ4n) is 3.74. The largest absolute Gasteiger partial charge is 0.325 e. The fraction of sp³-hybridized carbons (Fsp3) is 0.316. The second kappa shape index (κ2) is 6.45. The van der Waals surface area contributed by atoms with Gasteiger partial charge in [-0.05, 0) is 55.3 Å². The summed E-state index contributed by atoms with van der Waals surface area (Å²) in [5.41, 5.74) is 0.486. The highest BCUT2D eigenvalue weighted by atomic mass is 32.1. The Morgan fingerprint density at radius 3 is 2.96 bits per heavy atom. The van der Waals surface area contributed by atoms with Crippen molar-refractivity contribution < 1.29 is 18.8 Å². The number of aryl methyl sites for hydroxylation is 2. The predicted octanol–water partition coefficient (Wildman–Crippen LogP) is 2.92. The lowest BCUT2D eigenvalue weighted by Gasteiger charge is -2.31. The number of nitrogens with zero attached hydrogens (tertiary/aromatic N) is 1. The molecule has 2 N–H and O–H groups in total. The number of nitrogens with one attached hydrogen (secondary N) is 2. The normalized spacial score (nSPS) is 21.3. The molecule has 2 aliphatic rings. The summed E-state index contributed by atoms with van der Waals surface area (Å²) in [6.45, 7) is 1.28. The number of thiophene rings is 1. The number of halogens is 1. The van der Waals surface area contributed by atoms with E-state index >= 15 is 0 Å². The van der Waals surface area contributed by atoms with Gasteiger partial charge < -0.3 is 10.6 Å². The molecule has 0 saturated carbocycles. The van der Waals surface area contributed by atoms with Gasteiger partial charge >= 0.3 is 6.03 Å². The molecule has 4 amide bonds. The summed E-state index contributed by atoms with van der Waals surface area (Å²) >= 11 is 1.57. The third kappa shape index (κ3) is 2.90. The Balaban J connectivity index is 1.53. The molecule has 1 atom stereocenters. The van der Waals surface area contributed by atoms with Gasteiger partial charge in [0.25, 0.3) is 5.91 Å². The first-order valence-electron chi connectivity index (χ1n) is 8.68. The fourth-order valence-corrected chi connectivity index (χ4v) is 4.74. The molecular formula is C19H18FN3O3S. The summed E-state index contributed by atoms with van der Waals surface area (Å²) in [6, 6.07) is 5.69. The van der Waals surface area contributed by atoms with Crippen molar-refractivity contribution in [3.63, 3.8) is 0 Å². The van der Waals surface area contributed by atoms with Crippen molar-refractivity contribution in [3.05, 3.63) is 51.5 Å². The molecule has 2 heterocycles. The maximum atomic E-state index is 13.9. The van der Waals surface area contributed by atoms with Crippen LogP contribution in [-0.4, -0.2) is 29.3 Å². The summed E-state index contributed by atoms with van der Waals surface area (Å²) < 4.78 is 13.9. The van der Waals surface area contributed by atoms with Crippen molar-refractivity contribution in [3.8, 4) is 0 Å². The molecule has 1 spiro atoms. The third-order valence-corrected chi connectivity index (χ3v) is 6.02. The first-order chi connectivity index (χ1) is 12.9. The van der Waals surface area contributed by atoms with Gasteiger partial charge in [-0.2, -0.15) is 0 Å². The SMILES string of the molecule is Cc1ccc(NC(=O)CN2C(=O)N[C@@]3(CCCc4sccc43)C2=O)c(F)c1. The summed E-state index contributed by atoms with van der Waals surface area (Å²) in [5.74, 6) is -1.61. The van der Waals surface area contributed by atoms with Crippen LogP contribution in [0, 0.1) is 12.7 Å². The standard InChI is InChI=1S/C19H18FN3O3S/c1-11-4-5-14(13(20)9-11)21-16(24)10-23-17(25)19(22-18(23)26)7-2-3-15-12(19)6-8-27-15/h4-6,8-9H,2-3,7,10H2,1H3,(H,21,24)(H,22,26)/t19-/m1/s1. The smallest absolute Gasteiger partial charge is 0.322 e. The molecule has 0 unspecified atom stereocenters. The molecule has 6 nitrogen and oxygen atoms in total. The maximum absolute atomic E-state index is 13.9. The quantitative estimate of drug-likeness (QED) is 0.795. The number of amides is 4. The van der Waals surface area contributed by atoms with Crippen LogP contribution in [0.25, 0.3) is 0 Å². The van der Waals surface area contributed by atoms with Crippen molar-refractivity contribution in [2.75, 3.05) is 11.9 Å². The molecule has 140 valence electrons. The minimum absolute atomic E-state index is 0.0187. The third-order valence-electron chi connectivity index (χ3n) is 5.04. The Kier molecular flexibility index (Phi) is 4.22. The van der Waals surface area contributed by atoms with Gasteiger partial charge in [-0.25, -0.2) is 9.18 Å². The lowest BCUT2D eigenvalue weighted by atomic mass is 9.80. The van der Waals surface area contributed by atoms with Crippen LogP contribution >= 0.6 is 11.3 Å². The van der Waals surface area contributed by atoms with E-state index in [1.54, 1.807) is 24.3 Å². The van der Waals surface area contributed by atoms with Gasteiger partial charge in [0, 0.05) is 10.4 Å². The maximum Gasteiger partial charge on any atom is 0.325 e.